The summed E-state index contributed by atoms with van der Waals surface area (Å²) in [6, 6.07) is 0. The first kappa shape index (κ1) is 20.8. The van der Waals surface area contributed by atoms with Crippen LogP contribution in [0.1, 0.15) is 118 Å². The van der Waals surface area contributed by atoms with Gasteiger partial charge in [-0.3, -0.25) is 0 Å². The van der Waals surface area contributed by atoms with E-state index >= 15 is 0 Å². The molecule has 5 saturated carbocycles. The van der Waals surface area contributed by atoms with E-state index in [9.17, 15) is 5.11 Å². The Labute approximate surface area is 180 Å². The van der Waals surface area contributed by atoms with Gasteiger partial charge in [0.25, 0.3) is 0 Å². The van der Waals surface area contributed by atoms with Gasteiger partial charge in [-0.05, 0) is 115 Å². The molecular formula is C28H48O. The molecule has 6 unspecified atom stereocenters. The van der Waals surface area contributed by atoms with E-state index in [-0.39, 0.29) is 6.10 Å². The van der Waals surface area contributed by atoms with Gasteiger partial charge in [0.2, 0.25) is 0 Å². The molecule has 0 aromatic rings. The molecule has 9 atom stereocenters. The van der Waals surface area contributed by atoms with Gasteiger partial charge in [0.05, 0.1) is 6.10 Å². The lowest BCUT2D eigenvalue weighted by molar-refractivity contribution is -0.133. The molecule has 5 rings (SSSR count). The first-order valence-electron chi connectivity index (χ1n) is 13.4. The summed E-state index contributed by atoms with van der Waals surface area (Å²) < 4.78 is 0. The fourth-order valence-corrected chi connectivity index (χ4v) is 10.6. The van der Waals surface area contributed by atoms with Crippen LogP contribution in [0.3, 0.4) is 0 Å². The third-order valence-electron chi connectivity index (χ3n) is 12.3. The first-order valence-corrected chi connectivity index (χ1v) is 13.4. The van der Waals surface area contributed by atoms with Crippen LogP contribution in [0, 0.1) is 51.2 Å². The molecule has 0 saturated heterocycles. The number of hydrogen-bond acceptors (Lipinski definition) is 1. The van der Waals surface area contributed by atoms with Crippen LogP contribution in [0.15, 0.2) is 0 Å². The summed E-state index contributed by atoms with van der Waals surface area (Å²) in [7, 11) is 0. The zero-order valence-corrected chi connectivity index (χ0v) is 20.1. The van der Waals surface area contributed by atoms with Crippen molar-refractivity contribution in [1.29, 1.82) is 0 Å². The molecule has 2 spiro atoms. The maximum absolute atomic E-state index is 10.3. The Morgan fingerprint density at radius 3 is 2.38 bits per heavy atom. The van der Waals surface area contributed by atoms with Crippen LogP contribution < -0.4 is 0 Å². The normalized spacial score (nSPS) is 54.3. The quantitative estimate of drug-likeness (QED) is 0.503. The van der Waals surface area contributed by atoms with Crippen molar-refractivity contribution in [3.05, 3.63) is 0 Å². The molecule has 0 aromatic heterocycles. The van der Waals surface area contributed by atoms with E-state index in [1.807, 2.05) is 0 Å². The molecule has 1 N–H and O–H groups in total. The van der Waals surface area contributed by atoms with E-state index in [0.717, 1.165) is 42.4 Å². The Morgan fingerprint density at radius 1 is 0.828 bits per heavy atom. The number of hydrogen-bond donors (Lipinski definition) is 1. The minimum absolute atomic E-state index is 0.00631. The number of aliphatic hydroxyl groups is 1. The Bertz CT molecular complexity index is 640. The molecule has 0 bridgehead atoms. The molecular weight excluding hydrogens is 352 g/mol. The van der Waals surface area contributed by atoms with E-state index < -0.39 is 0 Å². The van der Waals surface area contributed by atoms with E-state index in [2.05, 4.69) is 34.6 Å². The smallest absolute Gasteiger partial charge is 0.0543 e. The van der Waals surface area contributed by atoms with Crippen LogP contribution >= 0.6 is 0 Å². The van der Waals surface area contributed by atoms with Gasteiger partial charge >= 0.3 is 0 Å². The average molecular weight is 401 g/mol. The zero-order chi connectivity index (χ0) is 20.7. The number of fused-ring (bicyclic) bond motifs is 2. The third-order valence-corrected chi connectivity index (χ3v) is 12.3. The molecule has 166 valence electrons. The SMILES string of the molecule is CC(C)CCCC(C)C1CC[C@@]2(C)C3CCC4C[C@@H](O)CCC45CC35CC[C@]12C. The largest absolute Gasteiger partial charge is 0.393 e. The predicted octanol–water partition coefficient (Wildman–Crippen LogP) is 7.61. The van der Waals surface area contributed by atoms with Crippen LogP contribution in [0.25, 0.3) is 0 Å². The van der Waals surface area contributed by atoms with Crippen molar-refractivity contribution >= 4 is 0 Å². The summed E-state index contributed by atoms with van der Waals surface area (Å²) in [6.45, 7) is 12.9. The number of rotatable bonds is 5. The highest BCUT2D eigenvalue weighted by molar-refractivity contribution is 5.29. The van der Waals surface area contributed by atoms with Gasteiger partial charge in [-0.1, -0.05) is 53.9 Å². The minimum Gasteiger partial charge on any atom is -0.393 e. The monoisotopic (exact) mass is 400 g/mol. The molecule has 5 fully saturated rings. The van der Waals surface area contributed by atoms with Crippen LogP contribution in [0.5, 0.6) is 0 Å². The molecule has 0 radical (unpaired) electrons. The molecule has 1 heteroatoms. The summed E-state index contributed by atoms with van der Waals surface area (Å²) in [5.74, 6) is 4.55. The zero-order valence-electron chi connectivity index (χ0n) is 20.1. The van der Waals surface area contributed by atoms with Crippen LogP contribution in [0.2, 0.25) is 0 Å². The summed E-state index contributed by atoms with van der Waals surface area (Å²) >= 11 is 0. The highest BCUT2D eigenvalue weighted by atomic mass is 16.3. The Kier molecular flexibility index (Phi) is 4.83. The standard InChI is InChI=1S/C28H48O/c1-19(2)7-6-8-20(3)23-12-13-26(5)24-10-9-21-17-22(29)11-14-27(21)18-28(24,27)16-15-25(23,26)4/h19-24,29H,6-18H2,1-5H3/t20?,21?,22-,23?,24?,25+,26-,27?,28?/m0/s1. The van der Waals surface area contributed by atoms with Gasteiger partial charge in [0.15, 0.2) is 0 Å². The van der Waals surface area contributed by atoms with E-state index in [1.54, 1.807) is 0 Å². The molecule has 0 aromatic carbocycles. The Balaban J connectivity index is 1.36. The lowest BCUT2D eigenvalue weighted by Crippen LogP contribution is -2.55. The second-order valence-corrected chi connectivity index (χ2v) is 13.5. The summed E-state index contributed by atoms with van der Waals surface area (Å²) in [5.41, 5.74) is 2.48. The second kappa shape index (κ2) is 6.73. The molecule has 5 aliphatic rings. The van der Waals surface area contributed by atoms with Crippen molar-refractivity contribution in [2.24, 2.45) is 51.2 Å². The maximum atomic E-state index is 10.3. The second-order valence-electron chi connectivity index (χ2n) is 13.5. The molecule has 0 aliphatic heterocycles. The fraction of sp³-hybridized carbons (Fsp3) is 1.00. The lowest BCUT2D eigenvalue weighted by atomic mass is 9.43. The van der Waals surface area contributed by atoms with Crippen LogP contribution in [-0.2, 0) is 0 Å². The molecule has 0 heterocycles. The van der Waals surface area contributed by atoms with Crippen molar-refractivity contribution in [3.8, 4) is 0 Å². The Morgan fingerprint density at radius 2 is 1.62 bits per heavy atom. The van der Waals surface area contributed by atoms with Crippen molar-refractivity contribution in [2.75, 3.05) is 0 Å². The van der Waals surface area contributed by atoms with Crippen LogP contribution in [0.4, 0.5) is 0 Å². The van der Waals surface area contributed by atoms with Crippen molar-refractivity contribution in [1.82, 2.24) is 0 Å². The van der Waals surface area contributed by atoms with Gasteiger partial charge in [0, 0.05) is 0 Å². The van der Waals surface area contributed by atoms with Gasteiger partial charge < -0.3 is 5.11 Å². The van der Waals surface area contributed by atoms with Crippen molar-refractivity contribution in [2.45, 2.75) is 124 Å². The molecule has 0 amide bonds. The summed E-state index contributed by atoms with van der Waals surface area (Å²) in [5, 5.41) is 10.3. The first-order chi connectivity index (χ1) is 13.7. The summed E-state index contributed by atoms with van der Waals surface area (Å²) in [6.07, 6.45) is 18.3. The molecule has 29 heavy (non-hydrogen) atoms. The van der Waals surface area contributed by atoms with Gasteiger partial charge in [-0.25, -0.2) is 0 Å². The molecule has 1 nitrogen and oxygen atoms in total. The van der Waals surface area contributed by atoms with Gasteiger partial charge in [0.1, 0.15) is 0 Å². The predicted molar refractivity (Wildman–Crippen MR) is 122 cm³/mol. The highest BCUT2D eigenvalue weighted by Crippen LogP contribution is 2.87. The van der Waals surface area contributed by atoms with E-state index in [1.165, 1.54) is 70.6 Å². The fourth-order valence-electron chi connectivity index (χ4n) is 10.6. The number of aliphatic hydroxyl groups excluding tert-OH is 1. The van der Waals surface area contributed by atoms with Crippen LogP contribution in [-0.4, -0.2) is 11.2 Å². The molecule has 5 aliphatic carbocycles. The van der Waals surface area contributed by atoms with E-state index in [4.69, 9.17) is 0 Å². The van der Waals surface area contributed by atoms with E-state index in [0.29, 0.717) is 21.7 Å². The average Bonchev–Trinajstić information content (AvgIpc) is 3.24. The topological polar surface area (TPSA) is 20.2 Å². The van der Waals surface area contributed by atoms with Crippen molar-refractivity contribution < 1.29 is 5.11 Å². The lowest BCUT2D eigenvalue weighted by Gasteiger charge is -2.61. The Hall–Kier alpha value is -0.0400. The summed E-state index contributed by atoms with van der Waals surface area (Å²) in [4.78, 5) is 0. The van der Waals surface area contributed by atoms with Gasteiger partial charge in [-0.2, -0.15) is 0 Å². The third kappa shape index (κ3) is 2.67. The minimum atomic E-state index is 0.00631. The highest BCUT2D eigenvalue weighted by Gasteiger charge is 2.80. The van der Waals surface area contributed by atoms with Crippen molar-refractivity contribution in [3.63, 3.8) is 0 Å². The maximum Gasteiger partial charge on any atom is 0.0543 e. The van der Waals surface area contributed by atoms with Gasteiger partial charge in [-0.15, -0.1) is 0 Å².